The summed E-state index contributed by atoms with van der Waals surface area (Å²) in [6.07, 6.45) is 6.09. The van der Waals surface area contributed by atoms with Gasteiger partial charge in [0.1, 0.15) is 11.0 Å². The van der Waals surface area contributed by atoms with Crippen molar-refractivity contribution in [3.05, 3.63) is 28.5 Å². The highest BCUT2D eigenvalue weighted by molar-refractivity contribution is 7.08. The van der Waals surface area contributed by atoms with Crippen molar-refractivity contribution in [2.75, 3.05) is 6.61 Å². The van der Waals surface area contributed by atoms with Gasteiger partial charge in [-0.1, -0.05) is 11.4 Å². The zero-order valence-corrected chi connectivity index (χ0v) is 13.5. The SMILES string of the molecule is CCc1nnsc1C(=O)N[C@H]1CCCO[C@@H]1c1cnn(C)c1. The molecule has 0 aliphatic carbocycles. The predicted molar refractivity (Wildman–Crippen MR) is 81.7 cm³/mol. The molecule has 0 saturated carbocycles. The Hall–Kier alpha value is -1.80. The van der Waals surface area contributed by atoms with Crippen molar-refractivity contribution in [1.82, 2.24) is 24.7 Å². The van der Waals surface area contributed by atoms with Gasteiger partial charge in [-0.05, 0) is 30.8 Å². The van der Waals surface area contributed by atoms with E-state index in [1.54, 1.807) is 10.9 Å². The van der Waals surface area contributed by atoms with Gasteiger partial charge in [-0.2, -0.15) is 5.10 Å². The quantitative estimate of drug-likeness (QED) is 0.922. The van der Waals surface area contributed by atoms with E-state index in [4.69, 9.17) is 4.74 Å². The van der Waals surface area contributed by atoms with Gasteiger partial charge in [-0.25, -0.2) is 0 Å². The molecule has 1 fully saturated rings. The molecule has 0 unspecified atom stereocenters. The maximum atomic E-state index is 12.5. The lowest BCUT2D eigenvalue weighted by Crippen LogP contribution is -2.42. The number of ether oxygens (including phenoxy) is 1. The van der Waals surface area contributed by atoms with Crippen LogP contribution in [0.3, 0.4) is 0 Å². The molecule has 0 aromatic carbocycles. The normalized spacial score (nSPS) is 21.7. The van der Waals surface area contributed by atoms with Crippen molar-refractivity contribution in [1.29, 1.82) is 0 Å². The molecule has 3 heterocycles. The molecular formula is C14H19N5O2S. The zero-order valence-electron chi connectivity index (χ0n) is 12.7. The minimum absolute atomic E-state index is 0.0581. The Balaban J connectivity index is 1.75. The van der Waals surface area contributed by atoms with E-state index in [0.717, 1.165) is 35.6 Å². The van der Waals surface area contributed by atoms with E-state index < -0.39 is 0 Å². The highest BCUT2D eigenvalue weighted by Crippen LogP contribution is 2.28. The molecule has 118 valence electrons. The molecule has 8 heteroatoms. The Morgan fingerprint density at radius 3 is 3.18 bits per heavy atom. The number of amides is 1. The Morgan fingerprint density at radius 1 is 1.59 bits per heavy atom. The third-order valence-electron chi connectivity index (χ3n) is 3.79. The van der Waals surface area contributed by atoms with Crippen molar-refractivity contribution >= 4 is 17.4 Å². The lowest BCUT2D eigenvalue weighted by Gasteiger charge is -2.31. The maximum absolute atomic E-state index is 12.5. The summed E-state index contributed by atoms with van der Waals surface area (Å²) in [4.78, 5) is 13.1. The summed E-state index contributed by atoms with van der Waals surface area (Å²) in [6.45, 7) is 2.67. The van der Waals surface area contributed by atoms with Gasteiger partial charge in [0.25, 0.3) is 5.91 Å². The van der Waals surface area contributed by atoms with Crippen LogP contribution in [0.25, 0.3) is 0 Å². The van der Waals surface area contributed by atoms with Crippen LogP contribution in [0.2, 0.25) is 0 Å². The number of aromatic nitrogens is 4. The van der Waals surface area contributed by atoms with Crippen molar-refractivity contribution in [2.45, 2.75) is 38.3 Å². The topological polar surface area (TPSA) is 81.9 Å². The first-order valence-corrected chi connectivity index (χ1v) is 8.18. The van der Waals surface area contributed by atoms with Gasteiger partial charge in [0, 0.05) is 25.4 Å². The first kappa shape index (κ1) is 15.1. The molecule has 22 heavy (non-hydrogen) atoms. The van der Waals surface area contributed by atoms with Crippen LogP contribution in [0.15, 0.2) is 12.4 Å². The summed E-state index contributed by atoms with van der Waals surface area (Å²) in [7, 11) is 1.87. The second kappa shape index (κ2) is 6.53. The van der Waals surface area contributed by atoms with Gasteiger partial charge >= 0.3 is 0 Å². The van der Waals surface area contributed by atoms with Gasteiger partial charge in [-0.3, -0.25) is 9.48 Å². The van der Waals surface area contributed by atoms with E-state index in [-0.39, 0.29) is 18.1 Å². The highest BCUT2D eigenvalue weighted by atomic mass is 32.1. The summed E-state index contributed by atoms with van der Waals surface area (Å²) >= 11 is 1.14. The average molecular weight is 321 g/mol. The Kier molecular flexibility index (Phi) is 4.49. The number of aryl methyl sites for hydroxylation is 2. The molecule has 1 aliphatic rings. The lowest BCUT2D eigenvalue weighted by atomic mass is 9.98. The third kappa shape index (κ3) is 3.02. The van der Waals surface area contributed by atoms with Crippen LogP contribution in [0.4, 0.5) is 0 Å². The van der Waals surface area contributed by atoms with E-state index in [1.165, 1.54) is 0 Å². The Labute approximate surface area is 132 Å². The fourth-order valence-corrected chi connectivity index (χ4v) is 3.34. The molecule has 1 amide bonds. The number of nitrogens with zero attached hydrogens (tertiary/aromatic N) is 4. The van der Waals surface area contributed by atoms with Crippen molar-refractivity contribution in [3.63, 3.8) is 0 Å². The molecule has 1 saturated heterocycles. The van der Waals surface area contributed by atoms with E-state index in [0.29, 0.717) is 17.9 Å². The van der Waals surface area contributed by atoms with E-state index in [2.05, 4.69) is 20.0 Å². The van der Waals surface area contributed by atoms with Crippen LogP contribution in [0, 0.1) is 0 Å². The molecule has 2 atom stereocenters. The molecule has 0 bridgehead atoms. The average Bonchev–Trinajstić information content (AvgIpc) is 3.16. The molecule has 7 nitrogen and oxygen atoms in total. The summed E-state index contributed by atoms with van der Waals surface area (Å²) in [5.41, 5.74) is 1.74. The molecular weight excluding hydrogens is 302 g/mol. The smallest absolute Gasteiger partial charge is 0.265 e. The Bertz CT molecular complexity index is 653. The standard InChI is InChI=1S/C14H19N5O2S/c1-3-10-13(22-18-17-10)14(20)16-11-5-4-6-21-12(11)9-7-15-19(2)8-9/h7-8,11-12H,3-6H2,1-2H3,(H,16,20)/t11-,12+/m0/s1. The van der Waals surface area contributed by atoms with Crippen LogP contribution in [0.5, 0.6) is 0 Å². The van der Waals surface area contributed by atoms with Crippen molar-refractivity contribution < 1.29 is 9.53 Å². The van der Waals surface area contributed by atoms with Crippen molar-refractivity contribution in [3.8, 4) is 0 Å². The van der Waals surface area contributed by atoms with E-state index in [1.807, 2.05) is 20.2 Å². The van der Waals surface area contributed by atoms with Gasteiger partial charge < -0.3 is 10.1 Å². The third-order valence-corrected chi connectivity index (χ3v) is 4.56. The molecule has 1 N–H and O–H groups in total. The number of nitrogens with one attached hydrogen (secondary N) is 1. The van der Waals surface area contributed by atoms with Gasteiger partial charge in [0.05, 0.1) is 17.9 Å². The summed E-state index contributed by atoms with van der Waals surface area (Å²) in [6, 6.07) is -0.0581. The summed E-state index contributed by atoms with van der Waals surface area (Å²) in [5.74, 6) is -0.115. The summed E-state index contributed by atoms with van der Waals surface area (Å²) in [5, 5.41) is 11.3. The van der Waals surface area contributed by atoms with Crippen LogP contribution in [-0.2, 0) is 18.2 Å². The second-order valence-corrected chi connectivity index (χ2v) is 6.12. The fraction of sp³-hybridized carbons (Fsp3) is 0.571. The fourth-order valence-electron chi connectivity index (χ4n) is 2.69. The molecule has 1 aliphatic heterocycles. The first-order valence-electron chi connectivity index (χ1n) is 7.41. The maximum Gasteiger partial charge on any atom is 0.265 e. The molecule has 2 aromatic heterocycles. The van der Waals surface area contributed by atoms with Crippen LogP contribution in [-0.4, -0.2) is 37.9 Å². The Morgan fingerprint density at radius 2 is 2.45 bits per heavy atom. The highest BCUT2D eigenvalue weighted by Gasteiger charge is 2.30. The summed E-state index contributed by atoms with van der Waals surface area (Å²) < 4.78 is 11.5. The van der Waals surface area contributed by atoms with Gasteiger partial charge in [0.2, 0.25) is 0 Å². The first-order chi connectivity index (χ1) is 10.7. The number of carbonyl (C=O) groups excluding carboxylic acids is 1. The molecule has 0 spiro atoms. The number of hydrogen-bond acceptors (Lipinski definition) is 6. The molecule has 2 aromatic rings. The van der Waals surface area contributed by atoms with E-state index in [9.17, 15) is 4.79 Å². The van der Waals surface area contributed by atoms with Crippen LogP contribution < -0.4 is 5.32 Å². The minimum Gasteiger partial charge on any atom is -0.371 e. The second-order valence-electron chi connectivity index (χ2n) is 5.36. The lowest BCUT2D eigenvalue weighted by molar-refractivity contribution is -0.00946. The predicted octanol–water partition coefficient (Wildman–Crippen LogP) is 1.48. The molecule has 3 rings (SSSR count). The monoisotopic (exact) mass is 321 g/mol. The van der Waals surface area contributed by atoms with Gasteiger partial charge in [-0.15, -0.1) is 5.10 Å². The number of carbonyl (C=O) groups is 1. The van der Waals surface area contributed by atoms with E-state index >= 15 is 0 Å². The van der Waals surface area contributed by atoms with Gasteiger partial charge in [0.15, 0.2) is 0 Å². The number of hydrogen-bond donors (Lipinski definition) is 1. The van der Waals surface area contributed by atoms with Crippen LogP contribution in [0.1, 0.15) is 46.8 Å². The number of rotatable bonds is 4. The molecule has 0 radical (unpaired) electrons. The zero-order chi connectivity index (χ0) is 15.5. The van der Waals surface area contributed by atoms with Crippen molar-refractivity contribution in [2.24, 2.45) is 7.05 Å². The van der Waals surface area contributed by atoms with Crippen LogP contribution >= 0.6 is 11.5 Å². The largest absolute Gasteiger partial charge is 0.371 e. The minimum atomic E-state index is -0.155.